The number of aromatic amines is 1. The first-order valence-electron chi connectivity index (χ1n) is 8.43. The first-order chi connectivity index (χ1) is 10.4. The zero-order valence-electron chi connectivity index (χ0n) is 14.5. The lowest BCUT2D eigenvalue weighted by atomic mass is 10.0. The molecule has 1 aromatic rings. The number of carbonyl (C=O) groups excluding carboxylic acids is 1. The number of H-pyrrole nitrogens is 1. The summed E-state index contributed by atoms with van der Waals surface area (Å²) in [6, 6.07) is 0.00852. The third kappa shape index (κ3) is 3.81. The molecule has 0 aliphatic carbocycles. The molecule has 124 valence electrons. The number of ether oxygens (including phenoxy) is 1. The van der Waals surface area contributed by atoms with Crippen molar-refractivity contribution in [3.05, 3.63) is 17.2 Å². The van der Waals surface area contributed by atoms with Gasteiger partial charge in [-0.2, -0.15) is 0 Å². The molecular weight excluding hydrogens is 278 g/mol. The summed E-state index contributed by atoms with van der Waals surface area (Å²) in [6.45, 7) is 10.7. The molecule has 1 amide bonds. The van der Waals surface area contributed by atoms with E-state index < -0.39 is 5.60 Å². The Labute approximate surface area is 133 Å². The average molecular weight is 307 g/mol. The first-order valence-corrected chi connectivity index (χ1v) is 8.43. The molecule has 1 fully saturated rings. The van der Waals surface area contributed by atoms with Crippen LogP contribution in [0.15, 0.2) is 0 Å². The second-order valence-corrected chi connectivity index (χ2v) is 6.94. The molecule has 1 aromatic heterocycles. The van der Waals surface area contributed by atoms with Crippen LogP contribution in [0.1, 0.15) is 77.1 Å². The highest BCUT2D eigenvalue weighted by Crippen LogP contribution is 2.31. The van der Waals surface area contributed by atoms with Crippen LogP contribution in [0.25, 0.3) is 0 Å². The van der Waals surface area contributed by atoms with Crippen LogP contribution in [-0.4, -0.2) is 33.1 Å². The van der Waals surface area contributed by atoms with Crippen molar-refractivity contribution in [1.82, 2.24) is 14.9 Å². The zero-order chi connectivity index (χ0) is 16.3. The second kappa shape index (κ2) is 6.71. The Morgan fingerprint density at radius 2 is 2.05 bits per heavy atom. The minimum absolute atomic E-state index is 0.00852. The smallest absolute Gasteiger partial charge is 0.410 e. The largest absolute Gasteiger partial charge is 0.444 e. The van der Waals surface area contributed by atoms with E-state index in [4.69, 9.17) is 9.72 Å². The Hall–Kier alpha value is -1.52. The third-order valence-electron chi connectivity index (χ3n) is 4.02. The summed E-state index contributed by atoms with van der Waals surface area (Å²) in [7, 11) is 0. The Morgan fingerprint density at radius 3 is 2.59 bits per heavy atom. The number of hydrogen-bond donors (Lipinski definition) is 1. The lowest BCUT2D eigenvalue weighted by Crippen LogP contribution is -2.42. The van der Waals surface area contributed by atoms with Gasteiger partial charge in [0, 0.05) is 12.2 Å². The van der Waals surface area contributed by atoms with E-state index in [2.05, 4.69) is 18.8 Å². The highest BCUT2D eigenvalue weighted by Gasteiger charge is 2.33. The lowest BCUT2D eigenvalue weighted by Gasteiger charge is -2.35. The summed E-state index contributed by atoms with van der Waals surface area (Å²) in [5, 5.41) is 0. The molecular formula is C17H29N3O2. The van der Waals surface area contributed by atoms with E-state index in [1.807, 2.05) is 25.7 Å². The van der Waals surface area contributed by atoms with E-state index >= 15 is 0 Å². The summed E-state index contributed by atoms with van der Waals surface area (Å²) >= 11 is 0. The number of likely N-dealkylation sites (tertiary alicyclic amines) is 1. The predicted octanol–water partition coefficient (Wildman–Crippen LogP) is 4.00. The molecule has 0 spiro atoms. The van der Waals surface area contributed by atoms with Crippen molar-refractivity contribution < 1.29 is 9.53 Å². The van der Waals surface area contributed by atoms with Crippen molar-refractivity contribution >= 4 is 6.09 Å². The summed E-state index contributed by atoms with van der Waals surface area (Å²) in [6.07, 6.45) is 4.71. The molecule has 22 heavy (non-hydrogen) atoms. The number of carbonyl (C=O) groups is 1. The summed E-state index contributed by atoms with van der Waals surface area (Å²) < 4.78 is 5.56. The normalized spacial score (nSPS) is 19.3. The van der Waals surface area contributed by atoms with Crippen molar-refractivity contribution in [1.29, 1.82) is 0 Å². The van der Waals surface area contributed by atoms with Gasteiger partial charge in [-0.05, 0) is 52.9 Å². The molecule has 2 rings (SSSR count). The van der Waals surface area contributed by atoms with E-state index in [0.717, 1.165) is 50.2 Å². The topological polar surface area (TPSA) is 58.2 Å². The minimum Gasteiger partial charge on any atom is -0.444 e. The highest BCUT2D eigenvalue weighted by atomic mass is 16.6. The van der Waals surface area contributed by atoms with Crippen molar-refractivity contribution in [3.63, 3.8) is 0 Å². The van der Waals surface area contributed by atoms with Gasteiger partial charge < -0.3 is 9.72 Å². The van der Waals surface area contributed by atoms with E-state index in [1.54, 1.807) is 0 Å². The van der Waals surface area contributed by atoms with Crippen molar-refractivity contribution in [2.24, 2.45) is 0 Å². The molecule has 0 radical (unpaired) electrons. The number of nitrogens with zero attached hydrogens (tertiary/aromatic N) is 2. The minimum atomic E-state index is -0.467. The number of rotatable bonds is 3. The molecule has 1 atom stereocenters. The van der Waals surface area contributed by atoms with Crippen LogP contribution in [0.3, 0.4) is 0 Å². The van der Waals surface area contributed by atoms with Gasteiger partial charge in [-0.15, -0.1) is 0 Å². The fourth-order valence-electron chi connectivity index (χ4n) is 2.97. The Balaban J connectivity index is 2.22. The fraction of sp³-hybridized carbons (Fsp3) is 0.765. The molecule has 5 heteroatoms. The van der Waals surface area contributed by atoms with E-state index in [0.29, 0.717) is 0 Å². The van der Waals surface area contributed by atoms with Crippen LogP contribution in [0.5, 0.6) is 0 Å². The molecule has 5 nitrogen and oxygen atoms in total. The van der Waals surface area contributed by atoms with Gasteiger partial charge in [-0.25, -0.2) is 9.78 Å². The Morgan fingerprint density at radius 1 is 1.32 bits per heavy atom. The molecule has 0 saturated carbocycles. The van der Waals surface area contributed by atoms with Crippen molar-refractivity contribution in [3.8, 4) is 0 Å². The fourth-order valence-corrected chi connectivity index (χ4v) is 2.97. The summed E-state index contributed by atoms with van der Waals surface area (Å²) in [5.74, 6) is 0.916. The van der Waals surface area contributed by atoms with E-state index in [-0.39, 0.29) is 12.1 Å². The molecule has 1 unspecified atom stereocenters. The van der Waals surface area contributed by atoms with Gasteiger partial charge in [0.15, 0.2) is 0 Å². The van der Waals surface area contributed by atoms with Gasteiger partial charge in [0.05, 0.1) is 11.7 Å². The number of aryl methyl sites for hydroxylation is 2. The first kappa shape index (κ1) is 16.8. The SMILES string of the molecule is CCc1nc(C2CCCCN2C(=O)OC(C)(C)C)[nH]c1CC. The van der Waals surface area contributed by atoms with Crippen LogP contribution >= 0.6 is 0 Å². The van der Waals surface area contributed by atoms with Crippen molar-refractivity contribution in [2.45, 2.75) is 78.4 Å². The standard InChI is InChI=1S/C17H29N3O2/c1-6-12-13(7-2)19-15(18-12)14-10-8-9-11-20(14)16(21)22-17(3,4)5/h14H,6-11H2,1-5H3,(H,18,19). The van der Waals surface area contributed by atoms with Gasteiger partial charge in [-0.1, -0.05) is 13.8 Å². The third-order valence-corrected chi connectivity index (χ3v) is 4.02. The maximum absolute atomic E-state index is 12.5. The number of imidazole rings is 1. The number of amides is 1. The van der Waals surface area contributed by atoms with Gasteiger partial charge >= 0.3 is 6.09 Å². The molecule has 0 bridgehead atoms. The van der Waals surface area contributed by atoms with Crippen LogP contribution in [0.4, 0.5) is 4.79 Å². The number of nitrogens with one attached hydrogen (secondary N) is 1. The van der Waals surface area contributed by atoms with E-state index in [1.165, 1.54) is 5.69 Å². The second-order valence-electron chi connectivity index (χ2n) is 6.94. The number of piperidine rings is 1. The van der Waals surface area contributed by atoms with Crippen molar-refractivity contribution in [2.75, 3.05) is 6.54 Å². The summed E-state index contributed by atoms with van der Waals surface area (Å²) in [5.41, 5.74) is 1.84. The van der Waals surface area contributed by atoms with Gasteiger partial charge in [-0.3, -0.25) is 4.90 Å². The lowest BCUT2D eigenvalue weighted by molar-refractivity contribution is 0.00851. The summed E-state index contributed by atoms with van der Waals surface area (Å²) in [4.78, 5) is 22.5. The Bertz CT molecular complexity index is 495. The molecule has 1 saturated heterocycles. The average Bonchev–Trinajstić information content (AvgIpc) is 2.88. The highest BCUT2D eigenvalue weighted by molar-refractivity contribution is 5.68. The monoisotopic (exact) mass is 307 g/mol. The van der Waals surface area contributed by atoms with Crippen LogP contribution in [-0.2, 0) is 17.6 Å². The zero-order valence-corrected chi connectivity index (χ0v) is 14.5. The van der Waals surface area contributed by atoms with E-state index in [9.17, 15) is 4.79 Å². The Kier molecular flexibility index (Phi) is 5.14. The molecule has 1 aliphatic rings. The van der Waals surface area contributed by atoms with Gasteiger partial charge in [0.2, 0.25) is 0 Å². The van der Waals surface area contributed by atoms with Crippen LogP contribution in [0.2, 0.25) is 0 Å². The number of hydrogen-bond acceptors (Lipinski definition) is 3. The molecule has 1 aliphatic heterocycles. The quantitative estimate of drug-likeness (QED) is 0.918. The van der Waals surface area contributed by atoms with Crippen LogP contribution in [0, 0.1) is 0 Å². The van der Waals surface area contributed by atoms with Gasteiger partial charge in [0.1, 0.15) is 11.4 Å². The number of aromatic nitrogens is 2. The predicted molar refractivity (Wildman–Crippen MR) is 86.9 cm³/mol. The maximum atomic E-state index is 12.5. The molecule has 1 N–H and O–H groups in total. The molecule has 0 aromatic carbocycles. The molecule has 2 heterocycles. The maximum Gasteiger partial charge on any atom is 0.410 e. The van der Waals surface area contributed by atoms with Crippen LogP contribution < -0.4 is 0 Å². The van der Waals surface area contributed by atoms with Gasteiger partial charge in [0.25, 0.3) is 0 Å².